The SMILES string of the molecule is C[C@H]1OCCN[C@@H]1C(=O)NC1CCN(C(=O)c2ccccc2)CC1. The number of amides is 2. The summed E-state index contributed by atoms with van der Waals surface area (Å²) < 4.78 is 5.52. The number of morpholine rings is 1. The highest BCUT2D eigenvalue weighted by molar-refractivity contribution is 5.94. The van der Waals surface area contributed by atoms with Gasteiger partial charge in [-0.05, 0) is 31.9 Å². The molecule has 0 aliphatic carbocycles. The second-order valence-corrected chi connectivity index (χ2v) is 6.45. The fraction of sp³-hybridized carbons (Fsp3) is 0.556. The van der Waals surface area contributed by atoms with E-state index in [1.165, 1.54) is 0 Å². The molecule has 6 heteroatoms. The Labute approximate surface area is 142 Å². The molecule has 2 aliphatic heterocycles. The second-order valence-electron chi connectivity index (χ2n) is 6.45. The fourth-order valence-electron chi connectivity index (χ4n) is 3.31. The number of hydrogen-bond acceptors (Lipinski definition) is 4. The molecule has 2 heterocycles. The largest absolute Gasteiger partial charge is 0.375 e. The van der Waals surface area contributed by atoms with Crippen LogP contribution in [0.2, 0.25) is 0 Å². The first-order chi connectivity index (χ1) is 11.6. The lowest BCUT2D eigenvalue weighted by atomic mass is 10.0. The van der Waals surface area contributed by atoms with E-state index < -0.39 is 0 Å². The summed E-state index contributed by atoms with van der Waals surface area (Å²) in [7, 11) is 0. The molecular formula is C18H25N3O3. The van der Waals surface area contributed by atoms with Crippen molar-refractivity contribution in [1.29, 1.82) is 0 Å². The van der Waals surface area contributed by atoms with Crippen molar-refractivity contribution in [2.75, 3.05) is 26.2 Å². The molecule has 0 bridgehead atoms. The fourth-order valence-corrected chi connectivity index (χ4v) is 3.31. The maximum atomic E-state index is 12.4. The van der Waals surface area contributed by atoms with Crippen molar-refractivity contribution in [3.63, 3.8) is 0 Å². The molecule has 2 saturated heterocycles. The monoisotopic (exact) mass is 331 g/mol. The van der Waals surface area contributed by atoms with E-state index in [2.05, 4.69) is 10.6 Å². The van der Waals surface area contributed by atoms with Crippen LogP contribution in [0.25, 0.3) is 0 Å². The van der Waals surface area contributed by atoms with E-state index in [9.17, 15) is 9.59 Å². The Hall–Kier alpha value is -1.92. The molecule has 3 rings (SSSR count). The number of nitrogens with one attached hydrogen (secondary N) is 2. The van der Waals surface area contributed by atoms with Crippen molar-refractivity contribution in [3.05, 3.63) is 35.9 Å². The number of benzene rings is 1. The predicted octanol–water partition coefficient (Wildman–Crippen LogP) is 0.784. The topological polar surface area (TPSA) is 70.7 Å². The molecule has 0 unspecified atom stereocenters. The molecule has 6 nitrogen and oxygen atoms in total. The first kappa shape index (κ1) is 16.9. The Morgan fingerprint density at radius 3 is 2.58 bits per heavy atom. The Morgan fingerprint density at radius 1 is 1.21 bits per heavy atom. The van der Waals surface area contributed by atoms with Crippen LogP contribution < -0.4 is 10.6 Å². The zero-order valence-electron chi connectivity index (χ0n) is 14.0. The first-order valence-corrected chi connectivity index (χ1v) is 8.65. The number of likely N-dealkylation sites (tertiary alicyclic amines) is 1. The van der Waals surface area contributed by atoms with Crippen molar-refractivity contribution in [2.24, 2.45) is 0 Å². The molecule has 1 aromatic carbocycles. The number of ether oxygens (including phenoxy) is 1. The summed E-state index contributed by atoms with van der Waals surface area (Å²) in [5.74, 6) is 0.0615. The van der Waals surface area contributed by atoms with E-state index in [0.29, 0.717) is 26.2 Å². The van der Waals surface area contributed by atoms with Crippen LogP contribution in [0.5, 0.6) is 0 Å². The van der Waals surface area contributed by atoms with Crippen LogP contribution in [0.1, 0.15) is 30.1 Å². The number of piperidine rings is 1. The van der Waals surface area contributed by atoms with Crippen molar-refractivity contribution in [2.45, 2.75) is 38.0 Å². The zero-order chi connectivity index (χ0) is 16.9. The summed E-state index contributed by atoms with van der Waals surface area (Å²) in [5, 5.41) is 6.30. The van der Waals surface area contributed by atoms with Gasteiger partial charge in [-0.15, -0.1) is 0 Å². The van der Waals surface area contributed by atoms with Gasteiger partial charge in [0, 0.05) is 31.2 Å². The smallest absolute Gasteiger partial charge is 0.253 e. The van der Waals surface area contributed by atoms with Gasteiger partial charge in [0.2, 0.25) is 5.91 Å². The number of hydrogen-bond donors (Lipinski definition) is 2. The van der Waals surface area contributed by atoms with Crippen LogP contribution in [0, 0.1) is 0 Å². The van der Waals surface area contributed by atoms with Crippen molar-refractivity contribution in [1.82, 2.24) is 15.5 Å². The minimum atomic E-state index is -0.289. The van der Waals surface area contributed by atoms with Crippen LogP contribution in [0.4, 0.5) is 0 Å². The summed E-state index contributed by atoms with van der Waals surface area (Å²) in [5.41, 5.74) is 0.720. The number of carbonyl (C=O) groups is 2. The van der Waals surface area contributed by atoms with Crippen molar-refractivity contribution < 1.29 is 14.3 Å². The van der Waals surface area contributed by atoms with E-state index in [0.717, 1.165) is 18.4 Å². The minimum absolute atomic E-state index is 0.00460. The van der Waals surface area contributed by atoms with Crippen LogP contribution in [0.15, 0.2) is 30.3 Å². The van der Waals surface area contributed by atoms with Gasteiger partial charge in [0.15, 0.2) is 0 Å². The van der Waals surface area contributed by atoms with E-state index in [1.807, 2.05) is 42.2 Å². The Bertz CT molecular complexity index is 570. The van der Waals surface area contributed by atoms with Crippen LogP contribution in [0.3, 0.4) is 0 Å². The quantitative estimate of drug-likeness (QED) is 0.859. The van der Waals surface area contributed by atoms with Crippen LogP contribution in [-0.2, 0) is 9.53 Å². The highest BCUT2D eigenvalue weighted by Crippen LogP contribution is 2.15. The van der Waals surface area contributed by atoms with E-state index in [1.54, 1.807) is 0 Å². The molecule has 0 aromatic heterocycles. The van der Waals surface area contributed by atoms with Gasteiger partial charge in [-0.25, -0.2) is 0 Å². The van der Waals surface area contributed by atoms with Gasteiger partial charge in [-0.2, -0.15) is 0 Å². The van der Waals surface area contributed by atoms with Gasteiger partial charge >= 0.3 is 0 Å². The van der Waals surface area contributed by atoms with Gasteiger partial charge in [-0.3, -0.25) is 9.59 Å². The van der Waals surface area contributed by atoms with E-state index in [-0.39, 0.29) is 30.0 Å². The van der Waals surface area contributed by atoms with Crippen LogP contribution in [-0.4, -0.2) is 61.1 Å². The Balaban J connectivity index is 1.48. The maximum Gasteiger partial charge on any atom is 0.253 e. The maximum absolute atomic E-state index is 12.4. The average Bonchev–Trinajstić information content (AvgIpc) is 2.63. The molecule has 0 spiro atoms. The molecule has 0 radical (unpaired) electrons. The second kappa shape index (κ2) is 7.77. The molecule has 130 valence electrons. The van der Waals surface area contributed by atoms with Gasteiger partial charge in [-0.1, -0.05) is 18.2 Å². The molecule has 2 aliphatic rings. The third-order valence-corrected chi connectivity index (χ3v) is 4.75. The summed E-state index contributed by atoms with van der Waals surface area (Å²) in [4.78, 5) is 26.7. The van der Waals surface area contributed by atoms with Crippen molar-refractivity contribution in [3.8, 4) is 0 Å². The van der Waals surface area contributed by atoms with Crippen LogP contribution >= 0.6 is 0 Å². The van der Waals surface area contributed by atoms with Gasteiger partial charge in [0.25, 0.3) is 5.91 Å². The Kier molecular flexibility index (Phi) is 5.48. The molecule has 2 N–H and O–H groups in total. The molecular weight excluding hydrogens is 306 g/mol. The molecule has 2 atom stereocenters. The molecule has 2 amide bonds. The summed E-state index contributed by atoms with van der Waals surface area (Å²) in [6.45, 7) is 4.60. The third kappa shape index (κ3) is 3.94. The average molecular weight is 331 g/mol. The van der Waals surface area contributed by atoms with E-state index >= 15 is 0 Å². The summed E-state index contributed by atoms with van der Waals surface area (Å²) in [6, 6.07) is 9.17. The highest BCUT2D eigenvalue weighted by atomic mass is 16.5. The zero-order valence-corrected chi connectivity index (χ0v) is 14.0. The Morgan fingerprint density at radius 2 is 1.92 bits per heavy atom. The molecule has 1 aromatic rings. The first-order valence-electron chi connectivity index (χ1n) is 8.65. The predicted molar refractivity (Wildman–Crippen MR) is 90.7 cm³/mol. The normalized spacial score (nSPS) is 25.3. The van der Waals surface area contributed by atoms with E-state index in [4.69, 9.17) is 4.74 Å². The minimum Gasteiger partial charge on any atom is -0.375 e. The summed E-state index contributed by atoms with van der Waals surface area (Å²) >= 11 is 0. The number of nitrogens with zero attached hydrogens (tertiary/aromatic N) is 1. The molecule has 24 heavy (non-hydrogen) atoms. The van der Waals surface area contributed by atoms with Gasteiger partial charge < -0.3 is 20.3 Å². The number of carbonyl (C=O) groups excluding carboxylic acids is 2. The number of rotatable bonds is 3. The lowest BCUT2D eigenvalue weighted by molar-refractivity contribution is -0.129. The third-order valence-electron chi connectivity index (χ3n) is 4.75. The summed E-state index contributed by atoms with van der Waals surface area (Å²) in [6.07, 6.45) is 1.46. The highest BCUT2D eigenvalue weighted by Gasteiger charge is 2.31. The lowest BCUT2D eigenvalue weighted by Gasteiger charge is -2.35. The lowest BCUT2D eigenvalue weighted by Crippen LogP contribution is -2.58. The van der Waals surface area contributed by atoms with Gasteiger partial charge in [0.1, 0.15) is 6.04 Å². The molecule has 0 saturated carbocycles. The molecule has 2 fully saturated rings. The van der Waals surface area contributed by atoms with Crippen molar-refractivity contribution >= 4 is 11.8 Å². The van der Waals surface area contributed by atoms with Gasteiger partial charge in [0.05, 0.1) is 12.7 Å². The standard InChI is InChI=1S/C18H25N3O3/c1-13-16(19-9-12-24-13)17(22)20-15-7-10-21(11-8-15)18(23)14-5-3-2-4-6-14/h2-6,13,15-16,19H,7-12H2,1H3,(H,20,22)/t13-,16+/m1/s1.